The van der Waals surface area contributed by atoms with Crippen molar-refractivity contribution in [3.63, 3.8) is 0 Å². The van der Waals surface area contributed by atoms with E-state index in [4.69, 9.17) is 9.84 Å². The van der Waals surface area contributed by atoms with E-state index >= 15 is 0 Å². The second-order valence-electron chi connectivity index (χ2n) is 5.65. The summed E-state index contributed by atoms with van der Waals surface area (Å²) in [5.74, 6) is -2.43. The lowest BCUT2D eigenvalue weighted by Gasteiger charge is -2.19. The SMILES string of the molecule is CC(C)(C)OC(=O)C1C(C(=O)O)C1(C)C. The van der Waals surface area contributed by atoms with Crippen LogP contribution in [0, 0.1) is 17.3 Å². The zero-order valence-corrected chi connectivity index (χ0v) is 9.83. The normalized spacial score (nSPS) is 28.3. The van der Waals surface area contributed by atoms with Crippen LogP contribution in [0.1, 0.15) is 34.6 Å². The van der Waals surface area contributed by atoms with Crippen molar-refractivity contribution >= 4 is 11.9 Å². The molecule has 86 valence electrons. The first-order valence-electron chi connectivity index (χ1n) is 5.03. The molecule has 1 N–H and O–H groups in total. The highest BCUT2D eigenvalue weighted by Crippen LogP contribution is 2.59. The van der Waals surface area contributed by atoms with Crippen LogP contribution in [0.3, 0.4) is 0 Å². The average molecular weight is 214 g/mol. The molecule has 2 atom stereocenters. The number of hydrogen-bond donors (Lipinski definition) is 1. The van der Waals surface area contributed by atoms with Crippen molar-refractivity contribution in [2.24, 2.45) is 17.3 Å². The first-order chi connectivity index (χ1) is 6.57. The maximum absolute atomic E-state index is 11.7. The number of hydrogen-bond acceptors (Lipinski definition) is 3. The van der Waals surface area contributed by atoms with E-state index in [1.807, 2.05) is 0 Å². The molecule has 0 radical (unpaired) electrons. The van der Waals surface area contributed by atoms with E-state index in [0.717, 1.165) is 0 Å². The van der Waals surface area contributed by atoms with Crippen LogP contribution in [0.4, 0.5) is 0 Å². The Morgan fingerprint density at radius 3 is 1.93 bits per heavy atom. The average Bonchev–Trinajstić information content (AvgIpc) is 2.49. The molecule has 0 aromatic carbocycles. The maximum atomic E-state index is 11.7. The Labute approximate surface area is 89.6 Å². The first kappa shape index (κ1) is 12.0. The molecule has 4 heteroatoms. The number of carboxylic acids is 1. The lowest BCUT2D eigenvalue weighted by atomic mass is 10.1. The van der Waals surface area contributed by atoms with Crippen LogP contribution in [0.15, 0.2) is 0 Å². The molecule has 15 heavy (non-hydrogen) atoms. The van der Waals surface area contributed by atoms with E-state index in [9.17, 15) is 9.59 Å². The third-order valence-electron chi connectivity index (χ3n) is 2.75. The zero-order chi connectivity index (χ0) is 12.0. The van der Waals surface area contributed by atoms with E-state index < -0.39 is 34.8 Å². The zero-order valence-electron chi connectivity index (χ0n) is 9.83. The standard InChI is InChI=1S/C11H18O4/c1-10(2,3)15-9(14)7-6(8(12)13)11(7,4)5/h6-7H,1-5H3,(H,12,13). The summed E-state index contributed by atoms with van der Waals surface area (Å²) in [6.07, 6.45) is 0. The van der Waals surface area contributed by atoms with Crippen LogP contribution in [-0.4, -0.2) is 22.6 Å². The monoisotopic (exact) mass is 214 g/mol. The molecule has 1 fully saturated rings. The van der Waals surface area contributed by atoms with Gasteiger partial charge in [0.1, 0.15) is 5.60 Å². The lowest BCUT2D eigenvalue weighted by Crippen LogP contribution is -2.26. The number of aliphatic carboxylic acids is 1. The summed E-state index contributed by atoms with van der Waals surface area (Å²) >= 11 is 0. The van der Waals surface area contributed by atoms with Gasteiger partial charge in [-0.05, 0) is 26.2 Å². The third kappa shape index (κ3) is 2.30. The summed E-state index contributed by atoms with van der Waals surface area (Å²) in [6, 6.07) is 0. The quantitative estimate of drug-likeness (QED) is 0.710. The van der Waals surface area contributed by atoms with E-state index in [-0.39, 0.29) is 0 Å². The van der Waals surface area contributed by atoms with Gasteiger partial charge in [0.2, 0.25) is 0 Å². The Kier molecular flexibility index (Phi) is 2.58. The van der Waals surface area contributed by atoms with Crippen molar-refractivity contribution in [1.29, 1.82) is 0 Å². The highest BCUT2D eigenvalue weighted by atomic mass is 16.6. The van der Waals surface area contributed by atoms with Gasteiger partial charge in [-0.2, -0.15) is 0 Å². The Morgan fingerprint density at radius 2 is 1.67 bits per heavy atom. The number of esters is 1. The highest BCUT2D eigenvalue weighted by molar-refractivity contribution is 5.88. The Morgan fingerprint density at radius 1 is 1.20 bits per heavy atom. The molecule has 0 bridgehead atoms. The summed E-state index contributed by atoms with van der Waals surface area (Å²) in [5, 5.41) is 8.90. The molecule has 0 aliphatic heterocycles. The van der Waals surface area contributed by atoms with Crippen LogP contribution in [0.5, 0.6) is 0 Å². The minimum Gasteiger partial charge on any atom is -0.481 e. The number of carbonyl (C=O) groups excluding carboxylic acids is 1. The van der Waals surface area contributed by atoms with Gasteiger partial charge in [0.15, 0.2) is 0 Å². The molecule has 1 aliphatic carbocycles. The fourth-order valence-corrected chi connectivity index (χ4v) is 1.90. The summed E-state index contributed by atoms with van der Waals surface area (Å²) < 4.78 is 5.18. The molecule has 0 aromatic rings. The van der Waals surface area contributed by atoms with Crippen molar-refractivity contribution in [2.45, 2.75) is 40.2 Å². The molecular formula is C11H18O4. The Balaban J connectivity index is 2.69. The summed E-state index contributed by atoms with van der Waals surface area (Å²) in [6.45, 7) is 8.88. The van der Waals surface area contributed by atoms with Crippen molar-refractivity contribution in [3.8, 4) is 0 Å². The molecule has 0 saturated heterocycles. The minimum absolute atomic E-state index is 0.403. The molecular weight excluding hydrogens is 196 g/mol. The van der Waals surface area contributed by atoms with Gasteiger partial charge in [-0.3, -0.25) is 9.59 Å². The van der Waals surface area contributed by atoms with Gasteiger partial charge < -0.3 is 9.84 Å². The van der Waals surface area contributed by atoms with Gasteiger partial charge in [-0.1, -0.05) is 13.8 Å². The van der Waals surface area contributed by atoms with Crippen LogP contribution in [0.2, 0.25) is 0 Å². The number of rotatable bonds is 2. The smallest absolute Gasteiger partial charge is 0.310 e. The minimum atomic E-state index is -0.921. The fourth-order valence-electron chi connectivity index (χ4n) is 1.90. The van der Waals surface area contributed by atoms with Crippen LogP contribution >= 0.6 is 0 Å². The molecule has 0 amide bonds. The first-order valence-corrected chi connectivity index (χ1v) is 5.03. The molecule has 1 rings (SSSR count). The van der Waals surface area contributed by atoms with Crippen LogP contribution in [0.25, 0.3) is 0 Å². The van der Waals surface area contributed by atoms with E-state index in [1.165, 1.54) is 0 Å². The second-order valence-corrected chi connectivity index (χ2v) is 5.65. The summed E-state index contributed by atoms with van der Waals surface area (Å²) in [5.41, 5.74) is -1.03. The molecule has 0 aromatic heterocycles. The molecule has 4 nitrogen and oxygen atoms in total. The second kappa shape index (κ2) is 3.22. The Bertz CT molecular complexity index is 298. The van der Waals surface area contributed by atoms with E-state index in [0.29, 0.717) is 0 Å². The van der Waals surface area contributed by atoms with Gasteiger partial charge in [0, 0.05) is 0 Å². The van der Waals surface area contributed by atoms with Crippen molar-refractivity contribution in [3.05, 3.63) is 0 Å². The van der Waals surface area contributed by atoms with Gasteiger partial charge >= 0.3 is 11.9 Å². The molecule has 0 heterocycles. The summed E-state index contributed by atoms with van der Waals surface area (Å²) in [7, 11) is 0. The van der Waals surface area contributed by atoms with Crippen LogP contribution in [-0.2, 0) is 14.3 Å². The van der Waals surface area contributed by atoms with Gasteiger partial charge in [0.05, 0.1) is 11.8 Å². The molecule has 1 aliphatic rings. The van der Waals surface area contributed by atoms with E-state index in [1.54, 1.807) is 34.6 Å². The summed E-state index contributed by atoms with van der Waals surface area (Å²) in [4.78, 5) is 22.5. The van der Waals surface area contributed by atoms with Crippen molar-refractivity contribution in [2.75, 3.05) is 0 Å². The van der Waals surface area contributed by atoms with Crippen LogP contribution < -0.4 is 0 Å². The predicted octanol–water partition coefficient (Wildman–Crippen LogP) is 1.68. The topological polar surface area (TPSA) is 63.6 Å². The number of ether oxygens (including phenoxy) is 1. The molecule has 1 saturated carbocycles. The van der Waals surface area contributed by atoms with E-state index in [2.05, 4.69) is 0 Å². The molecule has 2 unspecified atom stereocenters. The third-order valence-corrected chi connectivity index (χ3v) is 2.75. The lowest BCUT2D eigenvalue weighted by molar-refractivity contribution is -0.159. The highest BCUT2D eigenvalue weighted by Gasteiger charge is 2.67. The van der Waals surface area contributed by atoms with Crippen molar-refractivity contribution < 1.29 is 19.4 Å². The Hall–Kier alpha value is -1.06. The molecule has 0 spiro atoms. The number of carboxylic acid groups (broad SMARTS) is 1. The fraction of sp³-hybridized carbons (Fsp3) is 0.818. The van der Waals surface area contributed by atoms with Gasteiger partial charge in [-0.15, -0.1) is 0 Å². The van der Waals surface area contributed by atoms with Gasteiger partial charge in [0.25, 0.3) is 0 Å². The maximum Gasteiger partial charge on any atom is 0.310 e. The largest absolute Gasteiger partial charge is 0.481 e. The van der Waals surface area contributed by atoms with Gasteiger partial charge in [-0.25, -0.2) is 0 Å². The predicted molar refractivity (Wildman–Crippen MR) is 54.2 cm³/mol. The number of carbonyl (C=O) groups is 2. The van der Waals surface area contributed by atoms with Crippen molar-refractivity contribution in [1.82, 2.24) is 0 Å².